The van der Waals surface area contributed by atoms with Crippen LogP contribution in [-0.2, 0) is 4.74 Å². The highest BCUT2D eigenvalue weighted by molar-refractivity contribution is 5.99. The summed E-state index contributed by atoms with van der Waals surface area (Å²) in [7, 11) is 0. The van der Waals surface area contributed by atoms with Crippen molar-refractivity contribution in [2.75, 3.05) is 6.61 Å². The lowest BCUT2D eigenvalue weighted by atomic mass is 10.2. The van der Waals surface area contributed by atoms with Crippen LogP contribution in [-0.4, -0.2) is 27.2 Å². The first-order chi connectivity index (χ1) is 9.22. The monoisotopic (exact) mass is 255 g/mol. The van der Waals surface area contributed by atoms with Gasteiger partial charge in [0.2, 0.25) is 0 Å². The molecule has 0 N–H and O–H groups in total. The Hall–Kier alpha value is -2.43. The van der Waals surface area contributed by atoms with Gasteiger partial charge in [-0.2, -0.15) is 5.10 Å². The first kappa shape index (κ1) is 11.6. The lowest BCUT2D eigenvalue weighted by Gasteiger charge is -2.02. The largest absolute Gasteiger partial charge is 0.462 e. The number of carbonyl (C=O) groups excluding carboxylic acids is 1. The molecule has 0 bridgehead atoms. The van der Waals surface area contributed by atoms with E-state index in [9.17, 15) is 4.79 Å². The van der Waals surface area contributed by atoms with E-state index in [-0.39, 0.29) is 5.97 Å². The number of rotatable bonds is 2. The second-order valence-corrected chi connectivity index (χ2v) is 4.23. The van der Waals surface area contributed by atoms with Gasteiger partial charge in [-0.05, 0) is 38.1 Å². The van der Waals surface area contributed by atoms with E-state index in [0.717, 1.165) is 16.6 Å². The number of aryl methyl sites for hydroxylation is 1. The van der Waals surface area contributed by atoms with Crippen LogP contribution in [0.4, 0.5) is 0 Å². The first-order valence-electron chi connectivity index (χ1n) is 6.12. The fourth-order valence-corrected chi connectivity index (χ4v) is 2.20. The Kier molecular flexibility index (Phi) is 2.67. The second kappa shape index (κ2) is 4.35. The Bertz CT molecular complexity index is 777. The Morgan fingerprint density at radius 2 is 2.21 bits per heavy atom. The Labute approximate surface area is 109 Å². The molecule has 3 rings (SSSR count). The van der Waals surface area contributed by atoms with Crippen molar-refractivity contribution in [3.63, 3.8) is 0 Å². The number of esters is 1. The van der Waals surface area contributed by atoms with Gasteiger partial charge in [0.05, 0.1) is 17.8 Å². The number of hydrogen-bond donors (Lipinski definition) is 0. The van der Waals surface area contributed by atoms with Crippen molar-refractivity contribution in [2.45, 2.75) is 13.8 Å². The topological polar surface area (TPSA) is 56.5 Å². The van der Waals surface area contributed by atoms with Gasteiger partial charge in [0.15, 0.2) is 5.65 Å². The maximum Gasteiger partial charge on any atom is 0.342 e. The molecular weight excluding hydrogens is 242 g/mol. The molecule has 3 heterocycles. The van der Waals surface area contributed by atoms with Crippen LogP contribution in [0.2, 0.25) is 0 Å². The molecular formula is C14H13N3O2. The zero-order chi connectivity index (χ0) is 13.4. The fraction of sp³-hybridized carbons (Fsp3) is 0.214. The number of fused-ring (bicyclic) bond motifs is 3. The van der Waals surface area contributed by atoms with Gasteiger partial charge in [0.1, 0.15) is 5.56 Å². The van der Waals surface area contributed by atoms with E-state index in [2.05, 4.69) is 10.1 Å². The maximum atomic E-state index is 12.0. The SMILES string of the molecule is CCOC(=O)c1c(C)nn2c1ccc1cccnc12. The van der Waals surface area contributed by atoms with E-state index in [1.807, 2.05) is 24.3 Å². The summed E-state index contributed by atoms with van der Waals surface area (Å²) in [5.74, 6) is -0.342. The third-order valence-electron chi connectivity index (χ3n) is 3.01. The standard InChI is InChI=1S/C14H13N3O2/c1-3-19-14(18)12-9(2)16-17-11(12)7-6-10-5-4-8-15-13(10)17/h4-8H,3H2,1-2H3. The van der Waals surface area contributed by atoms with Crippen LogP contribution in [0.3, 0.4) is 0 Å². The summed E-state index contributed by atoms with van der Waals surface area (Å²) < 4.78 is 6.77. The molecule has 0 aliphatic rings. The van der Waals surface area contributed by atoms with Crippen LogP contribution in [0.15, 0.2) is 30.5 Å². The van der Waals surface area contributed by atoms with Crippen molar-refractivity contribution in [1.82, 2.24) is 14.6 Å². The molecule has 3 aromatic heterocycles. The van der Waals surface area contributed by atoms with E-state index in [0.29, 0.717) is 17.9 Å². The predicted molar refractivity (Wildman–Crippen MR) is 71.2 cm³/mol. The smallest absolute Gasteiger partial charge is 0.342 e. The third kappa shape index (κ3) is 1.74. The molecule has 0 saturated heterocycles. The maximum absolute atomic E-state index is 12.0. The zero-order valence-electron chi connectivity index (χ0n) is 10.8. The Morgan fingerprint density at radius 1 is 1.37 bits per heavy atom. The first-order valence-corrected chi connectivity index (χ1v) is 6.12. The lowest BCUT2D eigenvalue weighted by molar-refractivity contribution is 0.0528. The minimum Gasteiger partial charge on any atom is -0.462 e. The van der Waals surface area contributed by atoms with Gasteiger partial charge in [-0.1, -0.05) is 0 Å². The van der Waals surface area contributed by atoms with Crippen LogP contribution >= 0.6 is 0 Å². The van der Waals surface area contributed by atoms with Crippen molar-refractivity contribution >= 4 is 22.5 Å². The van der Waals surface area contributed by atoms with Crippen LogP contribution in [0.25, 0.3) is 16.6 Å². The van der Waals surface area contributed by atoms with E-state index < -0.39 is 0 Å². The average Bonchev–Trinajstić information content (AvgIpc) is 2.75. The van der Waals surface area contributed by atoms with Crippen LogP contribution in [0.5, 0.6) is 0 Å². The summed E-state index contributed by atoms with van der Waals surface area (Å²) in [6, 6.07) is 7.64. The van der Waals surface area contributed by atoms with Crippen LogP contribution < -0.4 is 0 Å². The fourth-order valence-electron chi connectivity index (χ4n) is 2.20. The Balaban J connectivity index is 2.33. The normalized spacial score (nSPS) is 11.1. The van der Waals surface area contributed by atoms with Crippen molar-refractivity contribution < 1.29 is 9.53 Å². The molecule has 0 saturated carbocycles. The number of hydrogen-bond acceptors (Lipinski definition) is 4. The molecule has 3 aromatic rings. The summed E-state index contributed by atoms with van der Waals surface area (Å²) in [4.78, 5) is 16.3. The Morgan fingerprint density at radius 3 is 3.00 bits per heavy atom. The molecule has 0 atom stereocenters. The molecule has 96 valence electrons. The van der Waals surface area contributed by atoms with Gasteiger partial charge in [-0.15, -0.1) is 0 Å². The highest BCUT2D eigenvalue weighted by Gasteiger charge is 2.19. The molecule has 19 heavy (non-hydrogen) atoms. The molecule has 0 amide bonds. The molecule has 0 aliphatic carbocycles. The number of carbonyl (C=O) groups is 1. The summed E-state index contributed by atoms with van der Waals surface area (Å²) in [5.41, 5.74) is 2.62. The number of aromatic nitrogens is 3. The quantitative estimate of drug-likeness (QED) is 0.660. The van der Waals surface area contributed by atoms with Crippen LogP contribution in [0.1, 0.15) is 23.0 Å². The summed E-state index contributed by atoms with van der Waals surface area (Å²) in [6.45, 7) is 3.94. The van der Waals surface area contributed by atoms with E-state index in [1.54, 1.807) is 24.6 Å². The van der Waals surface area contributed by atoms with Crippen LogP contribution in [0, 0.1) is 6.92 Å². The minimum atomic E-state index is -0.342. The van der Waals surface area contributed by atoms with E-state index >= 15 is 0 Å². The molecule has 0 spiro atoms. The van der Waals surface area contributed by atoms with Crippen molar-refractivity contribution in [1.29, 1.82) is 0 Å². The minimum absolute atomic E-state index is 0.342. The number of nitrogens with zero attached hydrogens (tertiary/aromatic N) is 3. The van der Waals surface area contributed by atoms with E-state index in [1.165, 1.54) is 0 Å². The molecule has 0 aromatic carbocycles. The molecule has 5 nitrogen and oxygen atoms in total. The lowest BCUT2D eigenvalue weighted by Crippen LogP contribution is -2.05. The third-order valence-corrected chi connectivity index (χ3v) is 3.01. The zero-order valence-corrected chi connectivity index (χ0v) is 10.8. The van der Waals surface area contributed by atoms with Crippen molar-refractivity contribution in [2.24, 2.45) is 0 Å². The molecule has 0 radical (unpaired) electrons. The predicted octanol–water partition coefficient (Wildman–Crippen LogP) is 2.37. The highest BCUT2D eigenvalue weighted by atomic mass is 16.5. The number of ether oxygens (including phenoxy) is 1. The number of pyridine rings is 2. The summed E-state index contributed by atoms with van der Waals surface area (Å²) in [5, 5.41) is 5.38. The van der Waals surface area contributed by atoms with E-state index in [4.69, 9.17) is 4.74 Å². The van der Waals surface area contributed by atoms with Gasteiger partial charge in [0, 0.05) is 11.6 Å². The average molecular weight is 255 g/mol. The molecule has 0 aliphatic heterocycles. The highest BCUT2D eigenvalue weighted by Crippen LogP contribution is 2.21. The van der Waals surface area contributed by atoms with Gasteiger partial charge in [-0.3, -0.25) is 0 Å². The molecule has 0 fully saturated rings. The second-order valence-electron chi connectivity index (χ2n) is 4.23. The summed E-state index contributed by atoms with van der Waals surface area (Å²) in [6.07, 6.45) is 1.71. The summed E-state index contributed by atoms with van der Waals surface area (Å²) >= 11 is 0. The van der Waals surface area contributed by atoms with Gasteiger partial charge in [-0.25, -0.2) is 14.3 Å². The molecule has 5 heteroatoms. The van der Waals surface area contributed by atoms with Crippen molar-refractivity contribution in [3.8, 4) is 0 Å². The van der Waals surface area contributed by atoms with Gasteiger partial charge in [0.25, 0.3) is 0 Å². The van der Waals surface area contributed by atoms with Crippen molar-refractivity contribution in [3.05, 3.63) is 41.7 Å². The van der Waals surface area contributed by atoms with Gasteiger partial charge >= 0.3 is 5.97 Å². The van der Waals surface area contributed by atoms with Gasteiger partial charge < -0.3 is 4.74 Å². The molecule has 0 unspecified atom stereocenters.